The fourth-order valence-electron chi connectivity index (χ4n) is 1.41. The Labute approximate surface area is 89.9 Å². The van der Waals surface area contributed by atoms with E-state index in [0.717, 1.165) is 13.1 Å². The molecule has 0 saturated carbocycles. The highest BCUT2D eigenvalue weighted by molar-refractivity contribution is 4.55. The van der Waals surface area contributed by atoms with Crippen LogP contribution in [0, 0.1) is 0 Å². The van der Waals surface area contributed by atoms with Crippen molar-refractivity contribution >= 4 is 0 Å². The Kier molecular flexibility index (Phi) is 10.9. The van der Waals surface area contributed by atoms with Gasteiger partial charge in [0.1, 0.15) is 0 Å². The molecule has 0 saturated heterocycles. The third-order valence-corrected chi connectivity index (χ3v) is 2.29. The molecule has 14 heavy (non-hydrogen) atoms. The minimum absolute atomic E-state index is 0.625. The van der Waals surface area contributed by atoms with Gasteiger partial charge in [-0.3, -0.25) is 0 Å². The van der Waals surface area contributed by atoms with Gasteiger partial charge in [0, 0.05) is 6.04 Å². The van der Waals surface area contributed by atoms with Gasteiger partial charge in [-0.05, 0) is 32.5 Å². The second-order valence-electron chi connectivity index (χ2n) is 4.27. The SMILES string of the molecule is CCCCCCNCCCNC(C)C. The van der Waals surface area contributed by atoms with E-state index < -0.39 is 0 Å². The summed E-state index contributed by atoms with van der Waals surface area (Å²) in [5.74, 6) is 0. The van der Waals surface area contributed by atoms with Crippen LogP contribution >= 0.6 is 0 Å². The molecule has 86 valence electrons. The van der Waals surface area contributed by atoms with Crippen molar-refractivity contribution in [3.05, 3.63) is 0 Å². The fourth-order valence-corrected chi connectivity index (χ4v) is 1.41. The monoisotopic (exact) mass is 200 g/mol. The molecule has 0 spiro atoms. The largest absolute Gasteiger partial charge is 0.317 e. The lowest BCUT2D eigenvalue weighted by Gasteiger charge is -2.08. The van der Waals surface area contributed by atoms with Gasteiger partial charge in [0.05, 0.1) is 0 Å². The average molecular weight is 200 g/mol. The third kappa shape index (κ3) is 11.9. The van der Waals surface area contributed by atoms with Crippen LogP contribution in [0.15, 0.2) is 0 Å². The van der Waals surface area contributed by atoms with Gasteiger partial charge in [0.25, 0.3) is 0 Å². The van der Waals surface area contributed by atoms with Crippen LogP contribution in [0.1, 0.15) is 52.9 Å². The molecular formula is C12H28N2. The van der Waals surface area contributed by atoms with Gasteiger partial charge >= 0.3 is 0 Å². The van der Waals surface area contributed by atoms with E-state index in [-0.39, 0.29) is 0 Å². The molecule has 0 bridgehead atoms. The molecule has 0 radical (unpaired) electrons. The lowest BCUT2D eigenvalue weighted by molar-refractivity contribution is 0.536. The van der Waals surface area contributed by atoms with Crippen molar-refractivity contribution in [2.45, 2.75) is 58.9 Å². The summed E-state index contributed by atoms with van der Waals surface area (Å²) >= 11 is 0. The molecule has 0 atom stereocenters. The first-order chi connectivity index (χ1) is 6.77. The van der Waals surface area contributed by atoms with Gasteiger partial charge in [-0.1, -0.05) is 40.0 Å². The van der Waals surface area contributed by atoms with E-state index >= 15 is 0 Å². The van der Waals surface area contributed by atoms with E-state index in [9.17, 15) is 0 Å². The van der Waals surface area contributed by atoms with E-state index in [4.69, 9.17) is 0 Å². The van der Waals surface area contributed by atoms with Crippen molar-refractivity contribution in [3.8, 4) is 0 Å². The summed E-state index contributed by atoms with van der Waals surface area (Å²) in [7, 11) is 0. The highest BCUT2D eigenvalue weighted by atomic mass is 14.9. The molecule has 0 rings (SSSR count). The average Bonchev–Trinajstić information content (AvgIpc) is 2.15. The van der Waals surface area contributed by atoms with Crippen molar-refractivity contribution < 1.29 is 0 Å². The maximum atomic E-state index is 3.48. The molecule has 2 heteroatoms. The second-order valence-corrected chi connectivity index (χ2v) is 4.27. The standard InChI is InChI=1S/C12H28N2/c1-4-5-6-7-9-13-10-8-11-14-12(2)3/h12-14H,4-11H2,1-3H3. The van der Waals surface area contributed by atoms with Crippen LogP contribution in [0.25, 0.3) is 0 Å². The van der Waals surface area contributed by atoms with Crippen molar-refractivity contribution in [2.75, 3.05) is 19.6 Å². The van der Waals surface area contributed by atoms with Crippen molar-refractivity contribution in [1.29, 1.82) is 0 Å². The summed E-state index contributed by atoms with van der Waals surface area (Å²) in [5.41, 5.74) is 0. The van der Waals surface area contributed by atoms with E-state index in [1.54, 1.807) is 0 Å². The molecule has 0 unspecified atom stereocenters. The van der Waals surface area contributed by atoms with Crippen LogP contribution in [-0.2, 0) is 0 Å². The van der Waals surface area contributed by atoms with Gasteiger partial charge in [0.15, 0.2) is 0 Å². The molecule has 0 amide bonds. The van der Waals surface area contributed by atoms with Crippen LogP contribution in [-0.4, -0.2) is 25.7 Å². The molecule has 0 fully saturated rings. The normalized spacial score (nSPS) is 11.1. The number of hydrogen-bond acceptors (Lipinski definition) is 2. The maximum absolute atomic E-state index is 3.48. The number of rotatable bonds is 10. The molecular weight excluding hydrogens is 172 g/mol. The van der Waals surface area contributed by atoms with Gasteiger partial charge in [-0.2, -0.15) is 0 Å². The van der Waals surface area contributed by atoms with Gasteiger partial charge in [-0.15, -0.1) is 0 Å². The van der Waals surface area contributed by atoms with Gasteiger partial charge in [0.2, 0.25) is 0 Å². The molecule has 0 aliphatic rings. The minimum Gasteiger partial charge on any atom is -0.317 e. The first-order valence-corrected chi connectivity index (χ1v) is 6.21. The summed E-state index contributed by atoms with van der Waals surface area (Å²) < 4.78 is 0. The Morgan fingerprint density at radius 2 is 1.57 bits per heavy atom. The van der Waals surface area contributed by atoms with Gasteiger partial charge < -0.3 is 10.6 Å². The maximum Gasteiger partial charge on any atom is 0.00103 e. The quantitative estimate of drug-likeness (QED) is 0.530. The summed E-state index contributed by atoms with van der Waals surface area (Å²) in [5, 5.41) is 6.89. The van der Waals surface area contributed by atoms with E-state index in [1.165, 1.54) is 38.6 Å². The van der Waals surface area contributed by atoms with E-state index in [0.29, 0.717) is 6.04 Å². The Morgan fingerprint density at radius 3 is 2.21 bits per heavy atom. The molecule has 0 aliphatic carbocycles. The smallest absolute Gasteiger partial charge is 0.00103 e. The van der Waals surface area contributed by atoms with E-state index in [2.05, 4.69) is 31.4 Å². The molecule has 0 aromatic rings. The number of nitrogens with one attached hydrogen (secondary N) is 2. The number of hydrogen-bond donors (Lipinski definition) is 2. The zero-order valence-electron chi connectivity index (χ0n) is 10.2. The van der Waals surface area contributed by atoms with Gasteiger partial charge in [-0.25, -0.2) is 0 Å². The summed E-state index contributed by atoms with van der Waals surface area (Å²) in [6, 6.07) is 0.625. The third-order valence-electron chi connectivity index (χ3n) is 2.29. The summed E-state index contributed by atoms with van der Waals surface area (Å²) in [4.78, 5) is 0. The topological polar surface area (TPSA) is 24.1 Å². The van der Waals surface area contributed by atoms with Crippen molar-refractivity contribution in [3.63, 3.8) is 0 Å². The van der Waals surface area contributed by atoms with Crippen LogP contribution < -0.4 is 10.6 Å². The molecule has 2 N–H and O–H groups in total. The second kappa shape index (κ2) is 11.0. The lowest BCUT2D eigenvalue weighted by atomic mass is 10.2. The van der Waals surface area contributed by atoms with Crippen LogP contribution in [0.3, 0.4) is 0 Å². The minimum atomic E-state index is 0.625. The number of unbranched alkanes of at least 4 members (excludes halogenated alkanes) is 3. The Morgan fingerprint density at radius 1 is 0.857 bits per heavy atom. The first-order valence-electron chi connectivity index (χ1n) is 6.21. The fraction of sp³-hybridized carbons (Fsp3) is 1.00. The van der Waals surface area contributed by atoms with E-state index in [1.807, 2.05) is 0 Å². The lowest BCUT2D eigenvalue weighted by Crippen LogP contribution is -2.27. The molecule has 0 heterocycles. The highest BCUT2D eigenvalue weighted by Crippen LogP contribution is 1.96. The van der Waals surface area contributed by atoms with Crippen LogP contribution in [0.4, 0.5) is 0 Å². The highest BCUT2D eigenvalue weighted by Gasteiger charge is 1.91. The Balaban J connectivity index is 2.85. The predicted molar refractivity (Wildman–Crippen MR) is 64.8 cm³/mol. The molecule has 0 aromatic carbocycles. The zero-order chi connectivity index (χ0) is 10.6. The van der Waals surface area contributed by atoms with Crippen molar-refractivity contribution in [1.82, 2.24) is 10.6 Å². The zero-order valence-corrected chi connectivity index (χ0v) is 10.2. The van der Waals surface area contributed by atoms with Crippen molar-refractivity contribution in [2.24, 2.45) is 0 Å². The molecule has 0 aliphatic heterocycles. The Bertz CT molecular complexity index is 102. The molecule has 2 nitrogen and oxygen atoms in total. The van der Waals surface area contributed by atoms with Crippen LogP contribution in [0.2, 0.25) is 0 Å². The molecule has 0 aromatic heterocycles. The summed E-state index contributed by atoms with van der Waals surface area (Å²) in [6.45, 7) is 10.1. The van der Waals surface area contributed by atoms with Crippen LogP contribution in [0.5, 0.6) is 0 Å². The first kappa shape index (κ1) is 13.9. The predicted octanol–water partition coefficient (Wildman–Crippen LogP) is 2.54. The Hall–Kier alpha value is -0.0800. The summed E-state index contributed by atoms with van der Waals surface area (Å²) in [6.07, 6.45) is 6.68.